The second-order valence-electron chi connectivity index (χ2n) is 4.32. The minimum absolute atomic E-state index is 0.137. The van der Waals surface area contributed by atoms with Gasteiger partial charge in [0.2, 0.25) is 0 Å². The Kier molecular flexibility index (Phi) is 2.76. The van der Waals surface area contributed by atoms with Crippen LogP contribution in [0.5, 0.6) is 0 Å². The van der Waals surface area contributed by atoms with Gasteiger partial charge in [-0.2, -0.15) is 0 Å². The lowest BCUT2D eigenvalue weighted by molar-refractivity contribution is 0.102. The summed E-state index contributed by atoms with van der Waals surface area (Å²) in [5.41, 5.74) is 7.98. The van der Waals surface area contributed by atoms with E-state index in [0.717, 1.165) is 18.5 Å². The van der Waals surface area contributed by atoms with Crippen molar-refractivity contribution in [2.45, 2.75) is 19.3 Å². The number of anilines is 2. The molecule has 0 saturated heterocycles. The zero-order valence-corrected chi connectivity index (χ0v) is 10.6. The number of amides is 1. The Balaban J connectivity index is 1.75. The number of nitrogens with one attached hydrogen (secondary N) is 1. The number of nitrogens with zero attached hydrogens (tertiary/aromatic N) is 1. The summed E-state index contributed by atoms with van der Waals surface area (Å²) in [6.45, 7) is 0. The SMILES string of the molecule is Nc1ccc(C(=O)Nc2nc3c(s2)CCC3)cc1. The van der Waals surface area contributed by atoms with Gasteiger partial charge in [-0.05, 0) is 43.5 Å². The van der Waals surface area contributed by atoms with Gasteiger partial charge in [-0.25, -0.2) is 4.98 Å². The number of nitrogens with two attached hydrogens (primary N) is 1. The van der Waals surface area contributed by atoms with E-state index in [-0.39, 0.29) is 5.91 Å². The second-order valence-corrected chi connectivity index (χ2v) is 5.40. The first kappa shape index (κ1) is 11.2. The zero-order valence-electron chi connectivity index (χ0n) is 9.77. The van der Waals surface area contributed by atoms with Crippen LogP contribution in [0.4, 0.5) is 10.8 Å². The molecule has 1 aliphatic rings. The van der Waals surface area contributed by atoms with Crippen molar-refractivity contribution >= 4 is 28.1 Å². The monoisotopic (exact) mass is 259 g/mol. The van der Waals surface area contributed by atoms with Crippen LogP contribution in [0.2, 0.25) is 0 Å². The molecule has 0 spiro atoms. The van der Waals surface area contributed by atoms with Crippen molar-refractivity contribution in [2.75, 3.05) is 11.1 Å². The fourth-order valence-corrected chi connectivity index (χ4v) is 3.09. The molecule has 3 N–H and O–H groups in total. The van der Waals surface area contributed by atoms with E-state index in [1.807, 2.05) is 0 Å². The Hall–Kier alpha value is -1.88. The van der Waals surface area contributed by atoms with Crippen LogP contribution in [-0.2, 0) is 12.8 Å². The molecule has 0 atom stereocenters. The van der Waals surface area contributed by atoms with E-state index in [4.69, 9.17) is 5.73 Å². The largest absolute Gasteiger partial charge is 0.399 e. The van der Waals surface area contributed by atoms with Crippen LogP contribution in [-0.4, -0.2) is 10.9 Å². The molecule has 0 fully saturated rings. The zero-order chi connectivity index (χ0) is 12.5. The maximum absolute atomic E-state index is 12.0. The summed E-state index contributed by atoms with van der Waals surface area (Å²) in [4.78, 5) is 17.7. The number of nitrogen functional groups attached to an aromatic ring is 1. The summed E-state index contributed by atoms with van der Waals surface area (Å²) in [6.07, 6.45) is 3.30. The Morgan fingerprint density at radius 2 is 2.06 bits per heavy atom. The molecule has 1 aromatic heterocycles. The lowest BCUT2D eigenvalue weighted by atomic mass is 10.2. The second kappa shape index (κ2) is 4.42. The highest BCUT2D eigenvalue weighted by atomic mass is 32.1. The number of fused-ring (bicyclic) bond motifs is 1. The fraction of sp³-hybridized carbons (Fsp3) is 0.231. The van der Waals surface area contributed by atoms with Gasteiger partial charge in [0.25, 0.3) is 5.91 Å². The molecule has 0 radical (unpaired) electrons. The Bertz CT molecular complexity index is 567. The van der Waals surface area contributed by atoms with Gasteiger partial charge in [0.1, 0.15) is 0 Å². The van der Waals surface area contributed by atoms with E-state index in [9.17, 15) is 4.79 Å². The molecule has 1 amide bonds. The third-order valence-electron chi connectivity index (χ3n) is 2.99. The first-order valence-electron chi connectivity index (χ1n) is 5.88. The van der Waals surface area contributed by atoms with E-state index in [1.54, 1.807) is 35.6 Å². The maximum Gasteiger partial charge on any atom is 0.257 e. The van der Waals surface area contributed by atoms with Gasteiger partial charge in [0.15, 0.2) is 5.13 Å². The Morgan fingerprint density at radius 3 is 2.78 bits per heavy atom. The van der Waals surface area contributed by atoms with E-state index < -0.39 is 0 Å². The average molecular weight is 259 g/mol. The van der Waals surface area contributed by atoms with Crippen LogP contribution in [0.3, 0.4) is 0 Å². The number of carbonyl (C=O) groups excluding carboxylic acids is 1. The minimum atomic E-state index is -0.137. The van der Waals surface area contributed by atoms with Crippen molar-refractivity contribution in [2.24, 2.45) is 0 Å². The molecular formula is C13H13N3OS. The molecule has 18 heavy (non-hydrogen) atoms. The summed E-state index contributed by atoms with van der Waals surface area (Å²) in [5.74, 6) is -0.137. The Labute approximate surface area is 109 Å². The van der Waals surface area contributed by atoms with Crippen molar-refractivity contribution in [3.8, 4) is 0 Å². The van der Waals surface area contributed by atoms with Gasteiger partial charge in [0.05, 0.1) is 5.69 Å². The normalized spacial score (nSPS) is 13.3. The highest BCUT2D eigenvalue weighted by Crippen LogP contribution is 2.30. The van der Waals surface area contributed by atoms with Crippen LogP contribution in [0.15, 0.2) is 24.3 Å². The molecule has 1 aromatic carbocycles. The van der Waals surface area contributed by atoms with E-state index >= 15 is 0 Å². The van der Waals surface area contributed by atoms with Crippen LogP contribution < -0.4 is 11.1 Å². The Morgan fingerprint density at radius 1 is 1.28 bits per heavy atom. The smallest absolute Gasteiger partial charge is 0.257 e. The summed E-state index contributed by atoms with van der Waals surface area (Å²) in [7, 11) is 0. The summed E-state index contributed by atoms with van der Waals surface area (Å²) in [6, 6.07) is 6.87. The van der Waals surface area contributed by atoms with Crippen LogP contribution in [0.1, 0.15) is 27.3 Å². The third kappa shape index (κ3) is 2.09. The predicted octanol–water partition coefficient (Wildman–Crippen LogP) is 2.47. The standard InChI is InChI=1S/C13H13N3OS/c14-9-6-4-8(5-7-9)12(17)16-13-15-10-2-1-3-11(10)18-13/h4-7H,1-3,14H2,(H,15,16,17). The summed E-state index contributed by atoms with van der Waals surface area (Å²) < 4.78 is 0. The topological polar surface area (TPSA) is 68.0 Å². The number of aryl methyl sites for hydroxylation is 2. The number of rotatable bonds is 2. The predicted molar refractivity (Wildman–Crippen MR) is 72.9 cm³/mol. The van der Waals surface area contributed by atoms with Crippen molar-refractivity contribution in [3.63, 3.8) is 0 Å². The molecular weight excluding hydrogens is 246 g/mol. The van der Waals surface area contributed by atoms with Gasteiger partial charge < -0.3 is 5.73 Å². The van der Waals surface area contributed by atoms with Gasteiger partial charge in [-0.3, -0.25) is 10.1 Å². The highest BCUT2D eigenvalue weighted by molar-refractivity contribution is 7.15. The van der Waals surface area contributed by atoms with Gasteiger partial charge in [-0.15, -0.1) is 11.3 Å². The van der Waals surface area contributed by atoms with Gasteiger partial charge >= 0.3 is 0 Å². The van der Waals surface area contributed by atoms with Gasteiger partial charge in [-0.1, -0.05) is 0 Å². The molecule has 0 unspecified atom stereocenters. The van der Waals surface area contributed by atoms with Crippen molar-refractivity contribution in [3.05, 3.63) is 40.4 Å². The molecule has 0 saturated carbocycles. The molecule has 2 aromatic rings. The quantitative estimate of drug-likeness (QED) is 0.814. The lowest BCUT2D eigenvalue weighted by Gasteiger charge is -2.02. The number of hydrogen-bond donors (Lipinski definition) is 2. The van der Waals surface area contributed by atoms with Gasteiger partial charge in [0, 0.05) is 16.1 Å². The molecule has 3 rings (SSSR count). The van der Waals surface area contributed by atoms with Crippen molar-refractivity contribution < 1.29 is 4.79 Å². The first-order chi connectivity index (χ1) is 8.72. The van der Waals surface area contributed by atoms with Crippen LogP contribution in [0, 0.1) is 0 Å². The molecule has 0 aliphatic heterocycles. The number of thiazole rings is 1. The fourth-order valence-electron chi connectivity index (χ4n) is 2.05. The molecule has 5 heteroatoms. The third-order valence-corrected chi connectivity index (χ3v) is 4.06. The average Bonchev–Trinajstić information content (AvgIpc) is 2.90. The van der Waals surface area contributed by atoms with Crippen molar-refractivity contribution in [1.82, 2.24) is 4.98 Å². The number of carbonyl (C=O) groups is 1. The summed E-state index contributed by atoms with van der Waals surface area (Å²) in [5, 5.41) is 3.53. The molecule has 1 aliphatic carbocycles. The highest BCUT2D eigenvalue weighted by Gasteiger charge is 2.18. The number of aromatic nitrogens is 1. The molecule has 4 nitrogen and oxygen atoms in total. The lowest BCUT2D eigenvalue weighted by Crippen LogP contribution is -2.11. The van der Waals surface area contributed by atoms with E-state index in [0.29, 0.717) is 16.4 Å². The molecule has 92 valence electrons. The van der Waals surface area contributed by atoms with E-state index in [1.165, 1.54) is 11.3 Å². The first-order valence-corrected chi connectivity index (χ1v) is 6.69. The van der Waals surface area contributed by atoms with Crippen LogP contribution >= 0.6 is 11.3 Å². The van der Waals surface area contributed by atoms with Crippen molar-refractivity contribution in [1.29, 1.82) is 0 Å². The summed E-state index contributed by atoms with van der Waals surface area (Å²) >= 11 is 1.58. The molecule has 1 heterocycles. The molecule has 0 bridgehead atoms. The van der Waals surface area contributed by atoms with E-state index in [2.05, 4.69) is 10.3 Å². The minimum Gasteiger partial charge on any atom is -0.399 e. The number of benzene rings is 1. The maximum atomic E-state index is 12.0. The number of hydrogen-bond acceptors (Lipinski definition) is 4. The van der Waals surface area contributed by atoms with Crippen LogP contribution in [0.25, 0.3) is 0 Å².